The lowest BCUT2D eigenvalue weighted by Gasteiger charge is -2.32. The Bertz CT molecular complexity index is 335. The molecule has 0 radical (unpaired) electrons. The van der Waals surface area contributed by atoms with Crippen molar-refractivity contribution in [3.05, 3.63) is 0 Å². The molecule has 0 aromatic heterocycles. The molecule has 0 saturated carbocycles. The molecule has 0 bridgehead atoms. The summed E-state index contributed by atoms with van der Waals surface area (Å²) in [6.07, 6.45) is 2.76. The number of hydrogen-bond donors (Lipinski definition) is 2. The van der Waals surface area contributed by atoms with Gasteiger partial charge in [0, 0.05) is 19.5 Å². The molecule has 1 fully saturated rings. The summed E-state index contributed by atoms with van der Waals surface area (Å²) < 4.78 is 0. The third kappa shape index (κ3) is 4.01. The van der Waals surface area contributed by atoms with Gasteiger partial charge in [-0.3, -0.25) is 14.4 Å². The lowest BCUT2D eigenvalue weighted by Crippen LogP contribution is -2.43. The van der Waals surface area contributed by atoms with E-state index < -0.39 is 11.9 Å². The molecule has 1 heterocycles. The Labute approximate surface area is 106 Å². The van der Waals surface area contributed by atoms with Crippen molar-refractivity contribution in [1.29, 1.82) is 0 Å². The number of nitrogens with zero attached hydrogens (tertiary/aromatic N) is 1. The summed E-state index contributed by atoms with van der Waals surface area (Å²) in [6.45, 7) is 2.55. The maximum absolute atomic E-state index is 11.8. The maximum atomic E-state index is 11.8. The third-order valence-electron chi connectivity index (χ3n) is 3.47. The molecule has 0 aromatic rings. The fraction of sp³-hybridized carbons (Fsp3) is 0.750. The minimum Gasteiger partial charge on any atom is -0.481 e. The molecule has 6 heteroatoms. The predicted molar refractivity (Wildman–Crippen MR) is 64.5 cm³/mol. The van der Waals surface area contributed by atoms with Crippen molar-refractivity contribution >= 4 is 17.8 Å². The summed E-state index contributed by atoms with van der Waals surface area (Å²) in [4.78, 5) is 34.8. The highest BCUT2D eigenvalue weighted by molar-refractivity contribution is 5.96. The van der Waals surface area contributed by atoms with Crippen molar-refractivity contribution in [3.63, 3.8) is 0 Å². The Morgan fingerprint density at radius 1 is 1.33 bits per heavy atom. The van der Waals surface area contributed by atoms with Gasteiger partial charge in [0.2, 0.25) is 11.8 Å². The lowest BCUT2D eigenvalue weighted by atomic mass is 9.91. The largest absolute Gasteiger partial charge is 0.481 e. The summed E-state index contributed by atoms with van der Waals surface area (Å²) in [5, 5.41) is 8.78. The standard InChI is InChI=1S/C12H20N2O4/c1-8(12(17)18)11(16)14-6-4-9(5-7-14)2-3-10(13)15/h8-9H,2-7H2,1H3,(H2,13,15)(H,17,18). The lowest BCUT2D eigenvalue weighted by molar-refractivity contribution is -0.151. The van der Waals surface area contributed by atoms with Crippen LogP contribution in [0, 0.1) is 11.8 Å². The van der Waals surface area contributed by atoms with E-state index in [4.69, 9.17) is 10.8 Å². The highest BCUT2D eigenvalue weighted by Crippen LogP contribution is 2.22. The number of carbonyl (C=O) groups is 3. The molecule has 1 atom stereocenters. The van der Waals surface area contributed by atoms with Crippen molar-refractivity contribution in [2.24, 2.45) is 17.6 Å². The van der Waals surface area contributed by atoms with E-state index in [0.717, 1.165) is 19.3 Å². The average molecular weight is 256 g/mol. The van der Waals surface area contributed by atoms with Gasteiger partial charge in [-0.05, 0) is 32.1 Å². The molecule has 1 rings (SSSR count). The number of rotatable bonds is 5. The SMILES string of the molecule is CC(C(=O)O)C(=O)N1CCC(CCC(N)=O)CC1. The zero-order chi connectivity index (χ0) is 13.7. The van der Waals surface area contributed by atoms with Crippen molar-refractivity contribution in [2.45, 2.75) is 32.6 Å². The van der Waals surface area contributed by atoms with Crippen LogP contribution in [0.1, 0.15) is 32.6 Å². The normalized spacial score (nSPS) is 18.4. The van der Waals surface area contributed by atoms with Crippen molar-refractivity contribution < 1.29 is 19.5 Å². The second kappa shape index (κ2) is 6.37. The molecule has 2 amide bonds. The van der Waals surface area contributed by atoms with Crippen molar-refractivity contribution in [3.8, 4) is 0 Å². The molecule has 18 heavy (non-hydrogen) atoms. The molecule has 1 unspecified atom stereocenters. The number of carboxylic acid groups (broad SMARTS) is 1. The fourth-order valence-corrected chi connectivity index (χ4v) is 2.17. The summed E-state index contributed by atoms with van der Waals surface area (Å²) in [6, 6.07) is 0. The Hall–Kier alpha value is -1.59. The number of nitrogens with two attached hydrogens (primary N) is 1. The molecule has 102 valence electrons. The molecule has 1 saturated heterocycles. The average Bonchev–Trinajstić information content (AvgIpc) is 2.35. The van der Waals surface area contributed by atoms with E-state index in [1.54, 1.807) is 4.90 Å². The first-order chi connectivity index (χ1) is 8.41. The number of carbonyl (C=O) groups excluding carboxylic acids is 2. The minimum absolute atomic E-state index is 0.298. The first-order valence-corrected chi connectivity index (χ1v) is 6.21. The van der Waals surface area contributed by atoms with E-state index in [9.17, 15) is 14.4 Å². The molecular formula is C12H20N2O4. The molecule has 0 aromatic carbocycles. The fourth-order valence-electron chi connectivity index (χ4n) is 2.17. The van der Waals surface area contributed by atoms with Gasteiger partial charge < -0.3 is 15.7 Å². The summed E-state index contributed by atoms with van der Waals surface area (Å²) >= 11 is 0. The number of primary amides is 1. The van der Waals surface area contributed by atoms with Gasteiger partial charge in [0.1, 0.15) is 5.92 Å². The molecule has 0 spiro atoms. The number of hydrogen-bond acceptors (Lipinski definition) is 3. The Kier molecular flexibility index (Phi) is 5.12. The van der Waals surface area contributed by atoms with Gasteiger partial charge in [-0.2, -0.15) is 0 Å². The van der Waals surface area contributed by atoms with E-state index in [-0.39, 0.29) is 11.8 Å². The quantitative estimate of drug-likeness (QED) is 0.687. The Balaban J connectivity index is 2.37. The first-order valence-electron chi connectivity index (χ1n) is 6.21. The monoisotopic (exact) mass is 256 g/mol. The molecule has 3 N–H and O–H groups in total. The molecule has 1 aliphatic heterocycles. The van der Waals surface area contributed by atoms with Gasteiger partial charge >= 0.3 is 5.97 Å². The minimum atomic E-state index is -1.09. The Morgan fingerprint density at radius 3 is 2.33 bits per heavy atom. The van der Waals surface area contributed by atoms with Crippen LogP contribution in [-0.2, 0) is 14.4 Å². The van der Waals surface area contributed by atoms with Crippen LogP contribution >= 0.6 is 0 Å². The predicted octanol–water partition coefficient (Wildman–Crippen LogP) is 0.211. The molecular weight excluding hydrogens is 236 g/mol. The summed E-state index contributed by atoms with van der Waals surface area (Å²) in [5.74, 6) is -2.28. The van der Waals surface area contributed by atoms with Gasteiger partial charge in [-0.15, -0.1) is 0 Å². The number of likely N-dealkylation sites (tertiary alicyclic amines) is 1. The van der Waals surface area contributed by atoms with E-state index in [1.165, 1.54) is 6.92 Å². The first kappa shape index (κ1) is 14.5. The zero-order valence-corrected chi connectivity index (χ0v) is 10.6. The van der Waals surface area contributed by atoms with Crippen LogP contribution in [0.4, 0.5) is 0 Å². The third-order valence-corrected chi connectivity index (χ3v) is 3.47. The molecule has 0 aliphatic carbocycles. The van der Waals surface area contributed by atoms with Crippen LogP contribution in [0.2, 0.25) is 0 Å². The van der Waals surface area contributed by atoms with E-state index in [2.05, 4.69) is 0 Å². The van der Waals surface area contributed by atoms with Crippen LogP contribution in [0.15, 0.2) is 0 Å². The van der Waals surface area contributed by atoms with Crippen LogP contribution in [-0.4, -0.2) is 40.9 Å². The molecule has 6 nitrogen and oxygen atoms in total. The van der Waals surface area contributed by atoms with Gasteiger partial charge in [0.25, 0.3) is 0 Å². The van der Waals surface area contributed by atoms with E-state index >= 15 is 0 Å². The number of aliphatic carboxylic acids is 1. The number of amides is 2. The summed E-state index contributed by atoms with van der Waals surface area (Å²) in [5.41, 5.74) is 5.09. The highest BCUT2D eigenvalue weighted by Gasteiger charge is 2.29. The van der Waals surface area contributed by atoms with E-state index in [0.29, 0.717) is 25.4 Å². The highest BCUT2D eigenvalue weighted by atomic mass is 16.4. The van der Waals surface area contributed by atoms with Gasteiger partial charge in [-0.25, -0.2) is 0 Å². The van der Waals surface area contributed by atoms with Gasteiger partial charge in [0.15, 0.2) is 0 Å². The Morgan fingerprint density at radius 2 is 1.89 bits per heavy atom. The van der Waals surface area contributed by atoms with Crippen LogP contribution < -0.4 is 5.73 Å². The van der Waals surface area contributed by atoms with Crippen LogP contribution in [0.3, 0.4) is 0 Å². The second-order valence-corrected chi connectivity index (χ2v) is 4.83. The topological polar surface area (TPSA) is 101 Å². The van der Waals surface area contributed by atoms with Crippen molar-refractivity contribution in [1.82, 2.24) is 4.90 Å². The number of piperidine rings is 1. The second-order valence-electron chi connectivity index (χ2n) is 4.83. The van der Waals surface area contributed by atoms with Crippen LogP contribution in [0.5, 0.6) is 0 Å². The van der Waals surface area contributed by atoms with Gasteiger partial charge in [0.05, 0.1) is 0 Å². The van der Waals surface area contributed by atoms with Gasteiger partial charge in [-0.1, -0.05) is 0 Å². The number of carboxylic acids is 1. The molecule has 1 aliphatic rings. The van der Waals surface area contributed by atoms with Crippen molar-refractivity contribution in [2.75, 3.05) is 13.1 Å². The smallest absolute Gasteiger partial charge is 0.315 e. The van der Waals surface area contributed by atoms with E-state index in [1.807, 2.05) is 0 Å². The zero-order valence-electron chi connectivity index (χ0n) is 10.6. The summed E-state index contributed by atoms with van der Waals surface area (Å²) in [7, 11) is 0. The van der Waals surface area contributed by atoms with Crippen LogP contribution in [0.25, 0.3) is 0 Å². The maximum Gasteiger partial charge on any atom is 0.315 e.